The van der Waals surface area contributed by atoms with Crippen molar-refractivity contribution in [3.05, 3.63) is 473 Å². The fraction of sp³-hybridized carbons (Fsp3) is 0. The van der Waals surface area contributed by atoms with E-state index in [1.807, 2.05) is 132 Å². The number of fused-ring (bicyclic) bond motifs is 14. The molecule has 8 aromatic heterocycles. The smallest absolute Gasteiger partial charge is 0.166 e. The summed E-state index contributed by atoms with van der Waals surface area (Å²) < 4.78 is 9.67. The highest BCUT2D eigenvalue weighted by Crippen LogP contribution is 2.50. The molecule has 0 radical (unpaired) electrons. The zero-order chi connectivity index (χ0) is 89.9. The number of hydrogen-bond acceptors (Lipinski definition) is 10. The second kappa shape index (κ2) is 34.6. The van der Waals surface area contributed by atoms with Crippen LogP contribution in [0.25, 0.3) is 253 Å². The molecule has 0 N–H and O–H groups in total. The molecule has 0 saturated carbocycles. The summed E-state index contributed by atoms with van der Waals surface area (Å²) in [6, 6.07) is 162. The molecule has 18 aromatic carbocycles. The summed E-state index contributed by atoms with van der Waals surface area (Å²) in [4.78, 5) is 42.3. The van der Waals surface area contributed by atoms with Gasteiger partial charge in [-0.25, -0.2) is 29.9 Å². The lowest BCUT2D eigenvalue weighted by molar-refractivity contribution is 1.07. The van der Waals surface area contributed by atoms with Crippen LogP contribution in [0.5, 0.6) is 0 Å². The third kappa shape index (κ3) is 14.7. The highest BCUT2D eigenvalue weighted by atomic mass is 32.1. The van der Waals surface area contributed by atoms with E-state index in [1.165, 1.54) is 84.0 Å². The molecule has 0 atom stereocenters. The molecule has 0 bridgehead atoms. The monoisotopic (exact) mass is 1770 g/mol. The Kier molecular flexibility index (Phi) is 20.4. The molecule has 0 saturated heterocycles. The molecular formula is C124H78N10S2. The Hall–Kier alpha value is -17.7. The van der Waals surface area contributed by atoms with Gasteiger partial charge in [-0.05, 0) is 159 Å². The SMILES string of the molecule is c1ccc(-c2ccc(-c3ccccc3)c(-c3cnc(-c4ccc5c(c4)sc4ccc6c(c7ccccc7n6-c6ccccc6)c45)c(-c4nc(-c5ccccc5)nc(-c5ccccc5)n4)c3)c2)cc1.c1ccc(-c2ccc(-c3ccccc3)c(-c3cnc(-c4ccc5sc6ccc7c(c8ccccc8n7-c7ccccc7)c6c5c4)c(-c4nc(-c5ccccc5)nc(-c5ccccc5)n4)c3)c2)cc1. The Labute approximate surface area is 792 Å². The van der Waals surface area contributed by atoms with Crippen molar-refractivity contribution in [2.45, 2.75) is 0 Å². The van der Waals surface area contributed by atoms with Gasteiger partial charge in [-0.2, -0.15) is 0 Å². The molecule has 10 nitrogen and oxygen atoms in total. The minimum atomic E-state index is 0.547. The van der Waals surface area contributed by atoms with Crippen LogP contribution in [0.2, 0.25) is 0 Å². The summed E-state index contributed by atoms with van der Waals surface area (Å²) in [5.41, 5.74) is 28.9. The van der Waals surface area contributed by atoms with E-state index in [0.29, 0.717) is 34.9 Å². The third-order valence-corrected chi connectivity index (χ3v) is 28.1. The van der Waals surface area contributed by atoms with Crippen LogP contribution in [0.3, 0.4) is 0 Å². The topological polar surface area (TPSA) is 113 Å². The molecule has 0 aliphatic heterocycles. The van der Waals surface area contributed by atoms with Crippen LogP contribution in [-0.2, 0) is 0 Å². The van der Waals surface area contributed by atoms with Gasteiger partial charge in [0.2, 0.25) is 0 Å². The van der Waals surface area contributed by atoms with E-state index in [-0.39, 0.29) is 0 Å². The molecule has 12 heteroatoms. The van der Waals surface area contributed by atoms with E-state index in [9.17, 15) is 0 Å². The van der Waals surface area contributed by atoms with Crippen molar-refractivity contribution in [3.63, 3.8) is 0 Å². The molecule has 136 heavy (non-hydrogen) atoms. The zero-order valence-electron chi connectivity index (χ0n) is 73.3. The van der Waals surface area contributed by atoms with E-state index < -0.39 is 0 Å². The highest BCUT2D eigenvalue weighted by Gasteiger charge is 2.27. The number of benzene rings is 18. The number of aromatic nitrogens is 10. The number of hydrogen-bond donors (Lipinski definition) is 0. The predicted molar refractivity (Wildman–Crippen MR) is 566 cm³/mol. The Morgan fingerprint density at radius 3 is 0.875 bits per heavy atom. The van der Waals surface area contributed by atoms with Gasteiger partial charge >= 0.3 is 0 Å². The molecule has 26 rings (SSSR count). The summed E-state index contributed by atoms with van der Waals surface area (Å²) in [5.74, 6) is 3.48. The van der Waals surface area contributed by atoms with Crippen LogP contribution in [0.1, 0.15) is 0 Å². The van der Waals surface area contributed by atoms with Crippen molar-refractivity contribution in [1.29, 1.82) is 0 Å². The summed E-state index contributed by atoms with van der Waals surface area (Å²) in [6.07, 6.45) is 4.04. The first-order valence-electron chi connectivity index (χ1n) is 45.6. The molecule has 0 amide bonds. The largest absolute Gasteiger partial charge is 0.309 e. The summed E-state index contributed by atoms with van der Waals surface area (Å²) >= 11 is 3.65. The van der Waals surface area contributed by atoms with Crippen molar-refractivity contribution in [1.82, 2.24) is 49.0 Å². The first-order chi connectivity index (χ1) is 67.4. The van der Waals surface area contributed by atoms with Crippen molar-refractivity contribution in [2.24, 2.45) is 0 Å². The summed E-state index contributed by atoms with van der Waals surface area (Å²) in [5, 5.41) is 9.91. The number of para-hydroxylation sites is 4. The van der Waals surface area contributed by atoms with E-state index in [1.54, 1.807) is 0 Å². The zero-order valence-corrected chi connectivity index (χ0v) is 75.0. The molecule has 0 aliphatic rings. The lowest BCUT2D eigenvalue weighted by Gasteiger charge is -2.16. The van der Waals surface area contributed by atoms with Crippen LogP contribution in [0.4, 0.5) is 0 Å². The minimum absolute atomic E-state index is 0.547. The van der Waals surface area contributed by atoms with Gasteiger partial charge in [0.05, 0.1) is 33.5 Å². The van der Waals surface area contributed by atoms with Crippen molar-refractivity contribution >= 4 is 107 Å². The van der Waals surface area contributed by atoms with Gasteiger partial charge in [0.1, 0.15) is 0 Å². The molecule has 636 valence electrons. The van der Waals surface area contributed by atoms with Gasteiger partial charge in [-0.15, -0.1) is 22.7 Å². The molecule has 0 aliphatic carbocycles. The van der Waals surface area contributed by atoms with Gasteiger partial charge < -0.3 is 9.13 Å². The van der Waals surface area contributed by atoms with Gasteiger partial charge in [-0.3, -0.25) is 9.97 Å². The average Bonchev–Trinajstić information content (AvgIpc) is 1.56. The Bertz CT molecular complexity index is 8930. The van der Waals surface area contributed by atoms with Gasteiger partial charge in [0.15, 0.2) is 34.9 Å². The average molecular weight is 1770 g/mol. The van der Waals surface area contributed by atoms with Crippen molar-refractivity contribution < 1.29 is 0 Å². The Balaban J connectivity index is 0.000000145. The summed E-state index contributed by atoms with van der Waals surface area (Å²) in [7, 11) is 0. The standard InChI is InChI=1S/2C62H39N5S/c1-6-18-40(19-7-1)44-30-32-48(41-20-8-2-9-21-41)50(36-44)46-38-52(62-65-60(42-22-10-3-11-23-42)64-61(66-62)43-24-12-4-13-25-43)59(63-39-46)45-31-34-55-51(37-45)58-56(68-55)35-33-54-57(58)49-28-16-17-29-53(49)67(54)47-26-14-5-15-27-47;1-6-18-40(19-7-1)44-30-32-48(41-20-8-2-9-21-41)51(36-44)46-37-52(62-65-60(42-22-10-3-11-23-42)64-61(66-62)43-24-12-4-13-25-43)59(63-39-46)45-31-33-50-56(38-45)68-55-35-34-54-57(58(50)55)49-28-16-17-29-53(49)67(54)47-26-14-5-15-27-47/h2*1-39H. The van der Waals surface area contributed by atoms with Crippen LogP contribution >= 0.6 is 22.7 Å². The molecular weight excluding hydrogens is 1690 g/mol. The second-order valence-electron chi connectivity index (χ2n) is 34.0. The van der Waals surface area contributed by atoms with Crippen LogP contribution in [0, 0.1) is 0 Å². The summed E-state index contributed by atoms with van der Waals surface area (Å²) in [6.45, 7) is 0. The van der Waals surface area contributed by atoms with Gasteiger partial charge in [0, 0.05) is 141 Å². The van der Waals surface area contributed by atoms with E-state index in [4.69, 9.17) is 39.9 Å². The second-order valence-corrected chi connectivity index (χ2v) is 36.1. The predicted octanol–water partition coefficient (Wildman–Crippen LogP) is 32.8. The number of nitrogens with zero attached hydrogens (tertiary/aromatic N) is 10. The van der Waals surface area contributed by atoms with E-state index >= 15 is 0 Å². The van der Waals surface area contributed by atoms with E-state index in [0.717, 1.165) is 134 Å². The third-order valence-electron chi connectivity index (χ3n) is 25.8. The molecule has 0 unspecified atom stereocenters. The van der Waals surface area contributed by atoms with Crippen LogP contribution in [0.15, 0.2) is 473 Å². The molecule has 26 aromatic rings. The molecule has 0 fully saturated rings. The van der Waals surface area contributed by atoms with Crippen molar-refractivity contribution in [3.8, 4) is 169 Å². The van der Waals surface area contributed by atoms with Crippen LogP contribution in [-0.4, -0.2) is 49.0 Å². The van der Waals surface area contributed by atoms with Gasteiger partial charge in [0.25, 0.3) is 0 Å². The molecule has 8 heterocycles. The number of pyridine rings is 2. The fourth-order valence-corrected chi connectivity index (χ4v) is 21.7. The quantitative estimate of drug-likeness (QED) is 0.0940. The molecule has 0 spiro atoms. The minimum Gasteiger partial charge on any atom is -0.309 e. The maximum Gasteiger partial charge on any atom is 0.166 e. The number of thiophene rings is 2. The maximum atomic E-state index is 5.47. The van der Waals surface area contributed by atoms with Crippen LogP contribution < -0.4 is 0 Å². The highest BCUT2D eigenvalue weighted by molar-refractivity contribution is 7.26. The lowest BCUT2D eigenvalue weighted by Crippen LogP contribution is -2.02. The lowest BCUT2D eigenvalue weighted by atomic mass is 9.90. The number of rotatable bonds is 16. The van der Waals surface area contributed by atoms with Crippen molar-refractivity contribution in [2.75, 3.05) is 0 Å². The fourth-order valence-electron chi connectivity index (χ4n) is 19.5. The Morgan fingerprint density at radius 1 is 0.162 bits per heavy atom. The first kappa shape index (κ1) is 80.4. The Morgan fingerprint density at radius 2 is 0.471 bits per heavy atom. The van der Waals surface area contributed by atoms with E-state index in [2.05, 4.69) is 373 Å². The maximum absolute atomic E-state index is 5.47. The normalized spacial score (nSPS) is 11.5. The van der Waals surface area contributed by atoms with Gasteiger partial charge in [-0.1, -0.05) is 358 Å². The first-order valence-corrected chi connectivity index (χ1v) is 47.2.